The van der Waals surface area contributed by atoms with E-state index in [0.717, 1.165) is 0 Å². The van der Waals surface area contributed by atoms with Crippen LogP contribution >= 0.6 is 15.9 Å². The quantitative estimate of drug-likeness (QED) is 0.829. The van der Waals surface area contributed by atoms with Crippen LogP contribution in [0.4, 0.5) is 0 Å². The summed E-state index contributed by atoms with van der Waals surface area (Å²) in [6.45, 7) is 0.0154. The molecule has 0 saturated carbocycles. The molecule has 0 saturated heterocycles. The number of hydrogen-bond donors (Lipinski definition) is 1. The molecule has 0 atom stereocenters. The molecule has 94 valence electrons. The Bertz CT molecular complexity index is 501. The predicted molar refractivity (Wildman–Crippen MR) is 66.0 cm³/mol. The summed E-state index contributed by atoms with van der Waals surface area (Å²) < 4.78 is 30.9. The van der Waals surface area contributed by atoms with Crippen LogP contribution in [0.25, 0.3) is 0 Å². The van der Waals surface area contributed by atoms with Crippen LogP contribution in [-0.4, -0.2) is 28.0 Å². The normalized spacial score (nSPS) is 11.2. The van der Waals surface area contributed by atoms with Crippen molar-refractivity contribution in [3.63, 3.8) is 0 Å². The van der Waals surface area contributed by atoms with Crippen molar-refractivity contribution in [1.82, 2.24) is 4.72 Å². The van der Waals surface area contributed by atoms with Gasteiger partial charge in [-0.3, -0.25) is 4.79 Å². The van der Waals surface area contributed by atoms with Crippen LogP contribution in [0, 0.1) is 0 Å². The van der Waals surface area contributed by atoms with E-state index in [1.165, 1.54) is 19.2 Å². The van der Waals surface area contributed by atoms with E-state index < -0.39 is 16.0 Å². The Labute approximate surface area is 108 Å². The Hall–Kier alpha value is -0.920. The van der Waals surface area contributed by atoms with Crippen molar-refractivity contribution in [1.29, 1.82) is 0 Å². The summed E-state index contributed by atoms with van der Waals surface area (Å²) in [5.74, 6) is -0.457. The third kappa shape index (κ3) is 4.45. The number of methoxy groups -OCH3 is 1. The van der Waals surface area contributed by atoms with Crippen LogP contribution in [0.1, 0.15) is 6.42 Å². The lowest BCUT2D eigenvalue weighted by Gasteiger charge is -2.06. The maximum absolute atomic E-state index is 11.8. The molecule has 0 aromatic heterocycles. The third-order valence-corrected chi connectivity index (χ3v) is 3.91. The number of hydrogen-bond acceptors (Lipinski definition) is 4. The van der Waals surface area contributed by atoms with Gasteiger partial charge in [-0.15, -0.1) is 0 Å². The predicted octanol–water partition coefficient (Wildman–Crippen LogP) is 1.29. The number of carbonyl (C=O) groups is 1. The van der Waals surface area contributed by atoms with E-state index in [9.17, 15) is 13.2 Å². The molecule has 1 N–H and O–H groups in total. The smallest absolute Gasteiger partial charge is 0.306 e. The lowest BCUT2D eigenvalue weighted by atomic mass is 10.4. The molecule has 7 heteroatoms. The molecule has 1 aromatic rings. The van der Waals surface area contributed by atoms with Gasteiger partial charge < -0.3 is 4.74 Å². The first kappa shape index (κ1) is 14.1. The van der Waals surface area contributed by atoms with Crippen LogP contribution in [-0.2, 0) is 19.6 Å². The second-order valence-corrected chi connectivity index (χ2v) is 5.86. The van der Waals surface area contributed by atoms with Gasteiger partial charge in [-0.2, -0.15) is 0 Å². The van der Waals surface area contributed by atoms with Gasteiger partial charge in [-0.25, -0.2) is 13.1 Å². The van der Waals surface area contributed by atoms with E-state index in [2.05, 4.69) is 25.4 Å². The molecule has 0 radical (unpaired) electrons. The molecular weight excluding hydrogens is 310 g/mol. The summed E-state index contributed by atoms with van der Waals surface area (Å²) in [4.78, 5) is 11.0. The molecule has 0 aliphatic rings. The van der Waals surface area contributed by atoms with Crippen molar-refractivity contribution < 1.29 is 17.9 Å². The maximum atomic E-state index is 11.8. The third-order valence-electron chi connectivity index (χ3n) is 1.96. The van der Waals surface area contributed by atoms with Gasteiger partial charge in [0.2, 0.25) is 10.0 Å². The monoisotopic (exact) mass is 321 g/mol. The molecule has 5 nitrogen and oxygen atoms in total. The SMILES string of the molecule is COC(=O)CCNS(=O)(=O)c1cccc(Br)c1. The summed E-state index contributed by atoms with van der Waals surface area (Å²) in [6.07, 6.45) is 0.00370. The molecule has 0 aliphatic carbocycles. The number of rotatable bonds is 5. The van der Waals surface area contributed by atoms with E-state index in [1.807, 2.05) is 0 Å². The van der Waals surface area contributed by atoms with Gasteiger partial charge in [0.1, 0.15) is 0 Å². The summed E-state index contributed by atoms with van der Waals surface area (Å²) in [6, 6.07) is 6.32. The van der Waals surface area contributed by atoms with Crippen molar-refractivity contribution in [3.05, 3.63) is 28.7 Å². The zero-order chi connectivity index (χ0) is 12.9. The lowest BCUT2D eigenvalue weighted by Crippen LogP contribution is -2.26. The molecule has 0 fully saturated rings. The zero-order valence-corrected chi connectivity index (χ0v) is 11.5. The van der Waals surface area contributed by atoms with Gasteiger partial charge in [0, 0.05) is 11.0 Å². The fourth-order valence-corrected chi connectivity index (χ4v) is 2.74. The van der Waals surface area contributed by atoms with Crippen LogP contribution in [0.2, 0.25) is 0 Å². The van der Waals surface area contributed by atoms with Crippen molar-refractivity contribution in [3.8, 4) is 0 Å². The standard InChI is InChI=1S/C10H12BrNO4S/c1-16-10(13)5-6-12-17(14,15)9-4-2-3-8(11)7-9/h2-4,7,12H,5-6H2,1H3. The molecule has 0 heterocycles. The highest BCUT2D eigenvalue weighted by Gasteiger charge is 2.14. The van der Waals surface area contributed by atoms with Crippen molar-refractivity contribution in [2.24, 2.45) is 0 Å². The van der Waals surface area contributed by atoms with E-state index in [-0.39, 0.29) is 17.9 Å². The van der Waals surface area contributed by atoms with E-state index in [4.69, 9.17) is 0 Å². The number of halogens is 1. The Morgan fingerprint density at radius 1 is 1.47 bits per heavy atom. The van der Waals surface area contributed by atoms with Crippen LogP contribution in [0.5, 0.6) is 0 Å². The van der Waals surface area contributed by atoms with Crippen LogP contribution < -0.4 is 4.72 Å². The summed E-state index contributed by atoms with van der Waals surface area (Å²) in [5, 5.41) is 0. The largest absolute Gasteiger partial charge is 0.469 e. The number of benzene rings is 1. The molecule has 0 aliphatic heterocycles. The number of carbonyl (C=O) groups excluding carboxylic acids is 1. The molecule has 1 aromatic carbocycles. The Kier molecular flexibility index (Phi) is 5.10. The second kappa shape index (κ2) is 6.13. The first-order valence-electron chi connectivity index (χ1n) is 4.78. The minimum absolute atomic E-state index is 0.00370. The minimum Gasteiger partial charge on any atom is -0.469 e. The number of esters is 1. The summed E-state index contributed by atoms with van der Waals surface area (Å²) >= 11 is 3.19. The van der Waals surface area contributed by atoms with Crippen molar-refractivity contribution in [2.75, 3.05) is 13.7 Å². The Morgan fingerprint density at radius 3 is 2.76 bits per heavy atom. The molecule has 0 bridgehead atoms. The van der Waals surface area contributed by atoms with Gasteiger partial charge in [-0.05, 0) is 18.2 Å². The lowest BCUT2D eigenvalue weighted by molar-refractivity contribution is -0.140. The highest BCUT2D eigenvalue weighted by atomic mass is 79.9. The summed E-state index contributed by atoms with van der Waals surface area (Å²) in [5.41, 5.74) is 0. The second-order valence-electron chi connectivity index (χ2n) is 3.18. The first-order chi connectivity index (χ1) is 7.95. The highest BCUT2D eigenvalue weighted by molar-refractivity contribution is 9.10. The molecule has 1 rings (SSSR count). The summed E-state index contributed by atoms with van der Waals surface area (Å²) in [7, 11) is -2.32. The van der Waals surface area contributed by atoms with Crippen LogP contribution in [0.15, 0.2) is 33.6 Å². The maximum Gasteiger partial charge on any atom is 0.306 e. The topological polar surface area (TPSA) is 72.5 Å². The van der Waals surface area contributed by atoms with Gasteiger partial charge in [0.25, 0.3) is 0 Å². The number of nitrogens with one attached hydrogen (secondary N) is 1. The van der Waals surface area contributed by atoms with Gasteiger partial charge in [0.05, 0.1) is 18.4 Å². The van der Waals surface area contributed by atoms with Crippen LogP contribution in [0.3, 0.4) is 0 Å². The van der Waals surface area contributed by atoms with Crippen molar-refractivity contribution in [2.45, 2.75) is 11.3 Å². The first-order valence-corrected chi connectivity index (χ1v) is 7.05. The van der Waals surface area contributed by atoms with E-state index in [0.29, 0.717) is 4.47 Å². The number of sulfonamides is 1. The zero-order valence-electron chi connectivity index (χ0n) is 9.14. The van der Waals surface area contributed by atoms with Gasteiger partial charge in [0.15, 0.2) is 0 Å². The Morgan fingerprint density at radius 2 is 2.18 bits per heavy atom. The average molecular weight is 322 g/mol. The van der Waals surface area contributed by atoms with E-state index >= 15 is 0 Å². The molecule has 0 unspecified atom stereocenters. The average Bonchev–Trinajstić information content (AvgIpc) is 2.28. The fourth-order valence-electron chi connectivity index (χ4n) is 1.11. The van der Waals surface area contributed by atoms with Gasteiger partial charge in [-0.1, -0.05) is 22.0 Å². The molecule has 0 spiro atoms. The Balaban J connectivity index is 2.66. The highest BCUT2D eigenvalue weighted by Crippen LogP contribution is 2.15. The molecule has 0 amide bonds. The fraction of sp³-hybridized carbons (Fsp3) is 0.300. The number of ether oxygens (including phenoxy) is 1. The van der Waals surface area contributed by atoms with Gasteiger partial charge >= 0.3 is 5.97 Å². The molecular formula is C10H12BrNO4S. The van der Waals surface area contributed by atoms with Crippen molar-refractivity contribution >= 4 is 31.9 Å². The molecule has 17 heavy (non-hydrogen) atoms. The minimum atomic E-state index is -3.57. The van der Waals surface area contributed by atoms with E-state index in [1.54, 1.807) is 12.1 Å².